The van der Waals surface area contributed by atoms with E-state index in [1.54, 1.807) is 0 Å². The molecule has 0 spiro atoms. The van der Waals surface area contributed by atoms with Gasteiger partial charge in [-0.3, -0.25) is 0 Å². The summed E-state index contributed by atoms with van der Waals surface area (Å²) in [4.78, 5) is 3.50. The van der Waals surface area contributed by atoms with Crippen LogP contribution in [0.2, 0.25) is 0 Å². The van der Waals surface area contributed by atoms with Gasteiger partial charge in [0, 0.05) is 23.0 Å². The average molecular weight is 210 g/mol. The molecule has 0 saturated heterocycles. The fourth-order valence-corrected chi connectivity index (χ4v) is 2.76. The molecule has 2 aromatic rings. The van der Waals surface area contributed by atoms with Crippen LogP contribution in [0.25, 0.3) is 10.9 Å². The van der Waals surface area contributed by atoms with Crippen molar-refractivity contribution in [3.63, 3.8) is 0 Å². The zero-order valence-electron chi connectivity index (χ0n) is 9.16. The van der Waals surface area contributed by atoms with Gasteiger partial charge in [0.25, 0.3) is 0 Å². The molecule has 1 aliphatic carbocycles. The largest absolute Gasteiger partial charge is 0.358 e. The molecule has 1 aromatic heterocycles. The van der Waals surface area contributed by atoms with Crippen LogP contribution in [0.1, 0.15) is 24.1 Å². The van der Waals surface area contributed by atoms with E-state index in [0.29, 0.717) is 12.3 Å². The molecule has 1 unspecified atom stereocenters. The number of aryl methyl sites for hydroxylation is 1. The molecule has 0 saturated carbocycles. The average Bonchev–Trinajstić information content (AvgIpc) is 2.67. The third-order valence-corrected chi connectivity index (χ3v) is 3.58. The fraction of sp³-hybridized carbons (Fsp3) is 0.357. The maximum absolute atomic E-state index is 8.75. The van der Waals surface area contributed by atoms with Crippen LogP contribution in [0, 0.1) is 17.2 Å². The molecular formula is C14H14N2. The van der Waals surface area contributed by atoms with Crippen LogP contribution in [0.5, 0.6) is 0 Å². The van der Waals surface area contributed by atoms with Crippen molar-refractivity contribution in [1.29, 1.82) is 5.26 Å². The second-order valence-electron chi connectivity index (χ2n) is 4.60. The minimum absolute atomic E-state index is 0.547. The highest BCUT2D eigenvalue weighted by molar-refractivity contribution is 5.84. The van der Waals surface area contributed by atoms with E-state index in [-0.39, 0.29) is 0 Å². The number of hydrogen-bond acceptors (Lipinski definition) is 1. The van der Waals surface area contributed by atoms with Gasteiger partial charge in [-0.1, -0.05) is 18.2 Å². The molecule has 1 N–H and O–H groups in total. The van der Waals surface area contributed by atoms with Gasteiger partial charge in [0.1, 0.15) is 0 Å². The molecule has 2 nitrogen and oxygen atoms in total. The van der Waals surface area contributed by atoms with E-state index >= 15 is 0 Å². The topological polar surface area (TPSA) is 39.6 Å². The first-order chi connectivity index (χ1) is 7.88. The third kappa shape index (κ3) is 1.40. The van der Waals surface area contributed by atoms with Crippen LogP contribution in [0.15, 0.2) is 24.3 Å². The van der Waals surface area contributed by atoms with Gasteiger partial charge >= 0.3 is 0 Å². The van der Waals surface area contributed by atoms with Crippen molar-refractivity contribution in [2.45, 2.75) is 25.7 Å². The molecule has 0 radical (unpaired) electrons. The SMILES string of the molecule is N#CCC1CCc2c([nH]c3ccccc23)C1. The first-order valence-corrected chi connectivity index (χ1v) is 5.84. The van der Waals surface area contributed by atoms with E-state index in [9.17, 15) is 0 Å². The van der Waals surface area contributed by atoms with Crippen molar-refractivity contribution in [2.75, 3.05) is 0 Å². The molecule has 2 heteroatoms. The van der Waals surface area contributed by atoms with Crippen molar-refractivity contribution >= 4 is 10.9 Å². The first-order valence-electron chi connectivity index (χ1n) is 5.84. The van der Waals surface area contributed by atoms with Crippen LogP contribution in [-0.4, -0.2) is 4.98 Å². The highest BCUT2D eigenvalue weighted by atomic mass is 14.7. The lowest BCUT2D eigenvalue weighted by molar-refractivity contribution is 0.464. The van der Waals surface area contributed by atoms with Crippen molar-refractivity contribution in [3.05, 3.63) is 35.5 Å². The zero-order valence-corrected chi connectivity index (χ0v) is 9.16. The molecule has 1 aromatic carbocycles. The minimum atomic E-state index is 0.547. The molecule has 80 valence electrons. The Morgan fingerprint density at radius 2 is 2.25 bits per heavy atom. The van der Waals surface area contributed by atoms with Crippen LogP contribution in [0.4, 0.5) is 0 Å². The molecule has 1 aliphatic rings. The van der Waals surface area contributed by atoms with E-state index in [4.69, 9.17) is 5.26 Å². The molecule has 3 rings (SSSR count). The number of hydrogen-bond donors (Lipinski definition) is 1. The Morgan fingerprint density at radius 3 is 3.12 bits per heavy atom. The summed E-state index contributed by atoms with van der Waals surface area (Å²) in [6, 6.07) is 10.8. The lowest BCUT2D eigenvalue weighted by atomic mass is 9.85. The number of benzene rings is 1. The van der Waals surface area contributed by atoms with Gasteiger partial charge in [0.2, 0.25) is 0 Å². The number of aromatic amines is 1. The monoisotopic (exact) mass is 210 g/mol. The summed E-state index contributed by atoms with van der Waals surface area (Å²) in [7, 11) is 0. The van der Waals surface area contributed by atoms with Crippen molar-refractivity contribution < 1.29 is 0 Å². The van der Waals surface area contributed by atoms with Gasteiger partial charge in [0.05, 0.1) is 6.07 Å². The second-order valence-corrected chi connectivity index (χ2v) is 4.60. The Morgan fingerprint density at radius 1 is 1.38 bits per heavy atom. The lowest BCUT2D eigenvalue weighted by Gasteiger charge is -2.19. The molecule has 16 heavy (non-hydrogen) atoms. The molecule has 0 amide bonds. The van der Waals surface area contributed by atoms with Crippen LogP contribution in [0.3, 0.4) is 0 Å². The van der Waals surface area contributed by atoms with Crippen molar-refractivity contribution in [1.82, 2.24) is 4.98 Å². The Hall–Kier alpha value is -1.75. The van der Waals surface area contributed by atoms with E-state index in [0.717, 1.165) is 19.3 Å². The van der Waals surface area contributed by atoms with Crippen molar-refractivity contribution in [2.24, 2.45) is 5.92 Å². The van der Waals surface area contributed by atoms with Crippen LogP contribution < -0.4 is 0 Å². The van der Waals surface area contributed by atoms with Gasteiger partial charge < -0.3 is 4.98 Å². The first kappa shape index (κ1) is 9.47. The number of H-pyrrole nitrogens is 1. The van der Waals surface area contributed by atoms with Gasteiger partial charge in [-0.05, 0) is 36.8 Å². The molecule has 1 heterocycles. The minimum Gasteiger partial charge on any atom is -0.358 e. The summed E-state index contributed by atoms with van der Waals surface area (Å²) in [6.45, 7) is 0. The Kier molecular flexibility index (Phi) is 2.18. The summed E-state index contributed by atoms with van der Waals surface area (Å²) >= 11 is 0. The predicted molar refractivity (Wildman–Crippen MR) is 64.0 cm³/mol. The molecule has 0 aliphatic heterocycles. The lowest BCUT2D eigenvalue weighted by Crippen LogP contribution is -2.13. The Balaban J connectivity index is 2.03. The van der Waals surface area contributed by atoms with E-state index in [1.807, 2.05) is 0 Å². The summed E-state index contributed by atoms with van der Waals surface area (Å²) in [5.41, 5.74) is 4.07. The highest BCUT2D eigenvalue weighted by Gasteiger charge is 2.21. The van der Waals surface area contributed by atoms with Crippen molar-refractivity contribution in [3.8, 4) is 6.07 Å². The number of fused-ring (bicyclic) bond motifs is 3. The molecule has 1 atom stereocenters. The second kappa shape index (κ2) is 3.68. The number of aromatic nitrogens is 1. The summed E-state index contributed by atoms with van der Waals surface area (Å²) < 4.78 is 0. The van der Waals surface area contributed by atoms with Gasteiger partial charge in [0.15, 0.2) is 0 Å². The van der Waals surface area contributed by atoms with E-state index < -0.39 is 0 Å². The van der Waals surface area contributed by atoms with E-state index in [2.05, 4.69) is 35.3 Å². The van der Waals surface area contributed by atoms with Crippen LogP contribution in [-0.2, 0) is 12.8 Å². The third-order valence-electron chi connectivity index (χ3n) is 3.58. The maximum atomic E-state index is 8.75. The predicted octanol–water partition coefficient (Wildman–Crippen LogP) is 3.19. The number of para-hydroxylation sites is 1. The smallest absolute Gasteiger partial charge is 0.0624 e. The van der Waals surface area contributed by atoms with Gasteiger partial charge in [-0.2, -0.15) is 5.26 Å². The fourth-order valence-electron chi connectivity index (χ4n) is 2.76. The number of rotatable bonds is 1. The molecule has 0 bridgehead atoms. The zero-order chi connectivity index (χ0) is 11.0. The standard InChI is InChI=1S/C14H14N2/c15-8-7-10-5-6-12-11-3-1-2-4-13(11)16-14(12)9-10/h1-4,10,16H,5-7,9H2. The quantitative estimate of drug-likeness (QED) is 0.771. The van der Waals surface area contributed by atoms with Crippen LogP contribution >= 0.6 is 0 Å². The van der Waals surface area contributed by atoms with Gasteiger partial charge in [-0.15, -0.1) is 0 Å². The number of nitrogens with one attached hydrogen (secondary N) is 1. The molecular weight excluding hydrogens is 196 g/mol. The summed E-state index contributed by atoms with van der Waals surface area (Å²) in [5, 5.41) is 10.1. The Labute approximate surface area is 94.9 Å². The maximum Gasteiger partial charge on any atom is 0.0624 e. The van der Waals surface area contributed by atoms with Gasteiger partial charge in [-0.25, -0.2) is 0 Å². The number of nitriles is 1. The Bertz CT molecular complexity index is 560. The summed E-state index contributed by atoms with van der Waals surface area (Å²) in [5.74, 6) is 0.547. The number of nitrogens with zero attached hydrogens (tertiary/aromatic N) is 1. The van der Waals surface area contributed by atoms with E-state index in [1.165, 1.54) is 22.2 Å². The normalized spacial score (nSPS) is 19.3. The highest BCUT2D eigenvalue weighted by Crippen LogP contribution is 2.32. The molecule has 0 fully saturated rings. The summed E-state index contributed by atoms with van der Waals surface area (Å²) in [6.07, 6.45) is 4.00.